The summed E-state index contributed by atoms with van der Waals surface area (Å²) in [5, 5.41) is 9.64. The van der Waals surface area contributed by atoms with Crippen LogP contribution in [0.5, 0.6) is 0 Å². The van der Waals surface area contributed by atoms with E-state index in [0.717, 1.165) is 0 Å². The Morgan fingerprint density at radius 2 is 2.12 bits per heavy atom. The molecule has 2 rings (SSSR count). The first-order valence-electron chi connectivity index (χ1n) is 5.45. The number of anilines is 1. The van der Waals surface area contributed by atoms with E-state index in [1.807, 2.05) is 13.8 Å². The van der Waals surface area contributed by atoms with Crippen molar-refractivity contribution in [2.45, 2.75) is 32.4 Å². The van der Waals surface area contributed by atoms with E-state index >= 15 is 0 Å². The van der Waals surface area contributed by atoms with Crippen LogP contribution in [0.1, 0.15) is 26.8 Å². The van der Waals surface area contributed by atoms with Gasteiger partial charge in [-0.25, -0.2) is 4.98 Å². The van der Waals surface area contributed by atoms with Crippen LogP contribution < -0.4 is 10.5 Å². The van der Waals surface area contributed by atoms with Crippen molar-refractivity contribution in [1.82, 2.24) is 9.55 Å². The molecular weight excluding hydrogens is 206 g/mol. The molecule has 88 valence electrons. The lowest BCUT2D eigenvalue weighted by Gasteiger charge is -2.44. The van der Waals surface area contributed by atoms with Crippen molar-refractivity contribution >= 4 is 5.82 Å². The second-order valence-corrected chi connectivity index (χ2v) is 4.91. The summed E-state index contributed by atoms with van der Waals surface area (Å²) in [4.78, 5) is 17.9. The molecule has 0 saturated carbocycles. The lowest BCUT2D eigenvalue weighted by Crippen LogP contribution is -2.61. The average molecular weight is 223 g/mol. The normalized spacial score (nSPS) is 18.7. The minimum atomic E-state index is -0.688. The predicted octanol–water partition coefficient (Wildman–Crippen LogP) is 0.395. The molecule has 0 aromatic carbocycles. The Morgan fingerprint density at radius 1 is 1.50 bits per heavy atom. The minimum absolute atomic E-state index is 0.0898. The first kappa shape index (κ1) is 11.1. The predicted molar refractivity (Wildman–Crippen MR) is 61.7 cm³/mol. The number of hydrogen-bond donors (Lipinski definition) is 1. The maximum atomic E-state index is 12.0. The zero-order chi connectivity index (χ0) is 11.9. The number of nitrogens with zero attached hydrogens (tertiary/aromatic N) is 3. The summed E-state index contributed by atoms with van der Waals surface area (Å²) in [7, 11) is 0. The first-order valence-corrected chi connectivity index (χ1v) is 5.45. The molecule has 1 aliphatic heterocycles. The Bertz CT molecular complexity index is 443. The Kier molecular flexibility index (Phi) is 2.50. The third-order valence-corrected chi connectivity index (χ3v) is 2.77. The van der Waals surface area contributed by atoms with E-state index in [2.05, 4.69) is 4.98 Å². The molecule has 2 heterocycles. The number of β-amino-alcohol motifs (C(OH)–C–C–N with tert-alkyl or cyclic N) is 1. The average Bonchev–Trinajstić information content (AvgIpc) is 2.14. The fourth-order valence-corrected chi connectivity index (χ4v) is 1.96. The van der Waals surface area contributed by atoms with E-state index in [9.17, 15) is 9.90 Å². The molecule has 0 radical (unpaired) electrons. The molecule has 1 saturated heterocycles. The number of rotatable bonds is 2. The molecule has 5 nitrogen and oxygen atoms in total. The van der Waals surface area contributed by atoms with Gasteiger partial charge in [0, 0.05) is 31.5 Å². The van der Waals surface area contributed by atoms with Gasteiger partial charge < -0.3 is 14.6 Å². The molecule has 16 heavy (non-hydrogen) atoms. The number of aromatic nitrogens is 2. The highest BCUT2D eigenvalue weighted by molar-refractivity contribution is 5.41. The fraction of sp³-hybridized carbons (Fsp3) is 0.636. The summed E-state index contributed by atoms with van der Waals surface area (Å²) in [6.07, 6.45) is 3.32. The summed E-state index contributed by atoms with van der Waals surface area (Å²) in [5.74, 6) is 0.433. The van der Waals surface area contributed by atoms with Crippen LogP contribution in [-0.4, -0.2) is 33.3 Å². The van der Waals surface area contributed by atoms with Crippen molar-refractivity contribution in [2.24, 2.45) is 0 Å². The quantitative estimate of drug-likeness (QED) is 0.788. The maximum absolute atomic E-state index is 12.0. The Hall–Kier alpha value is -1.36. The Balaban J connectivity index is 2.30. The largest absolute Gasteiger partial charge is 0.386 e. The summed E-state index contributed by atoms with van der Waals surface area (Å²) in [6.45, 7) is 6.61. The van der Waals surface area contributed by atoms with E-state index in [4.69, 9.17) is 0 Å². The maximum Gasteiger partial charge on any atom is 0.293 e. The summed E-state index contributed by atoms with van der Waals surface area (Å²) in [5.41, 5.74) is -0.778. The lowest BCUT2D eigenvalue weighted by molar-refractivity contribution is 0.0303. The molecule has 1 aliphatic rings. The highest BCUT2D eigenvalue weighted by Crippen LogP contribution is 2.23. The van der Waals surface area contributed by atoms with Gasteiger partial charge in [-0.15, -0.1) is 0 Å². The highest BCUT2D eigenvalue weighted by Gasteiger charge is 2.38. The van der Waals surface area contributed by atoms with Gasteiger partial charge in [-0.05, 0) is 20.8 Å². The Morgan fingerprint density at radius 3 is 2.62 bits per heavy atom. The zero-order valence-corrected chi connectivity index (χ0v) is 9.84. The van der Waals surface area contributed by atoms with E-state index < -0.39 is 5.60 Å². The zero-order valence-electron chi connectivity index (χ0n) is 9.84. The molecule has 1 aromatic heterocycles. The van der Waals surface area contributed by atoms with Crippen molar-refractivity contribution in [3.05, 3.63) is 22.7 Å². The van der Waals surface area contributed by atoms with Crippen molar-refractivity contribution in [2.75, 3.05) is 18.0 Å². The van der Waals surface area contributed by atoms with Crippen LogP contribution in [-0.2, 0) is 0 Å². The SMILES string of the molecule is CC(C)n1ccnc(N2CC(C)(O)C2)c1=O. The highest BCUT2D eigenvalue weighted by atomic mass is 16.3. The van der Waals surface area contributed by atoms with Crippen LogP contribution >= 0.6 is 0 Å². The fourth-order valence-electron chi connectivity index (χ4n) is 1.96. The minimum Gasteiger partial charge on any atom is -0.386 e. The first-order chi connectivity index (χ1) is 7.41. The van der Waals surface area contributed by atoms with Crippen molar-refractivity contribution < 1.29 is 5.11 Å². The molecule has 0 spiro atoms. The molecule has 0 aliphatic carbocycles. The third kappa shape index (κ3) is 1.82. The Labute approximate surface area is 94.3 Å². The number of hydrogen-bond acceptors (Lipinski definition) is 4. The van der Waals surface area contributed by atoms with Gasteiger partial charge in [0.05, 0.1) is 5.60 Å². The van der Waals surface area contributed by atoms with Gasteiger partial charge in [0.1, 0.15) is 0 Å². The van der Waals surface area contributed by atoms with Crippen LogP contribution in [0.3, 0.4) is 0 Å². The van der Waals surface area contributed by atoms with Gasteiger partial charge in [-0.3, -0.25) is 4.79 Å². The standard InChI is InChI=1S/C11H17N3O2/c1-8(2)14-5-4-12-9(10(14)15)13-6-11(3,16)7-13/h4-5,8,16H,6-7H2,1-3H3. The topological polar surface area (TPSA) is 58.4 Å². The molecular formula is C11H17N3O2. The van der Waals surface area contributed by atoms with E-state index in [-0.39, 0.29) is 11.6 Å². The van der Waals surface area contributed by atoms with Gasteiger partial charge in [-0.1, -0.05) is 0 Å². The lowest BCUT2D eigenvalue weighted by atomic mass is 9.97. The summed E-state index contributed by atoms with van der Waals surface area (Å²) in [6, 6.07) is 0.121. The molecule has 5 heteroatoms. The van der Waals surface area contributed by atoms with E-state index in [1.54, 1.807) is 28.8 Å². The molecule has 1 aromatic rings. The molecule has 0 unspecified atom stereocenters. The number of aliphatic hydroxyl groups is 1. The monoisotopic (exact) mass is 223 g/mol. The summed E-state index contributed by atoms with van der Waals surface area (Å²) >= 11 is 0. The van der Waals surface area contributed by atoms with Crippen molar-refractivity contribution in [3.8, 4) is 0 Å². The van der Waals surface area contributed by atoms with Crippen LogP contribution in [0.25, 0.3) is 0 Å². The smallest absolute Gasteiger partial charge is 0.293 e. The van der Waals surface area contributed by atoms with Gasteiger partial charge >= 0.3 is 0 Å². The van der Waals surface area contributed by atoms with Gasteiger partial charge in [0.15, 0.2) is 5.82 Å². The molecule has 0 atom stereocenters. The van der Waals surface area contributed by atoms with Gasteiger partial charge in [-0.2, -0.15) is 0 Å². The molecule has 1 N–H and O–H groups in total. The van der Waals surface area contributed by atoms with Gasteiger partial charge in [0.25, 0.3) is 5.56 Å². The molecule has 0 bridgehead atoms. The second kappa shape index (κ2) is 3.59. The van der Waals surface area contributed by atoms with Crippen LogP contribution in [0.2, 0.25) is 0 Å². The van der Waals surface area contributed by atoms with Crippen molar-refractivity contribution in [3.63, 3.8) is 0 Å². The summed E-state index contributed by atoms with van der Waals surface area (Å²) < 4.78 is 1.65. The van der Waals surface area contributed by atoms with E-state index in [0.29, 0.717) is 18.9 Å². The molecule has 0 amide bonds. The van der Waals surface area contributed by atoms with Crippen LogP contribution in [0.15, 0.2) is 17.2 Å². The van der Waals surface area contributed by atoms with Gasteiger partial charge in [0.2, 0.25) is 0 Å². The van der Waals surface area contributed by atoms with E-state index in [1.165, 1.54) is 0 Å². The third-order valence-electron chi connectivity index (χ3n) is 2.77. The molecule has 1 fully saturated rings. The van der Waals surface area contributed by atoms with Crippen molar-refractivity contribution in [1.29, 1.82) is 0 Å². The second-order valence-electron chi connectivity index (χ2n) is 4.91. The van der Waals surface area contributed by atoms with Crippen LogP contribution in [0.4, 0.5) is 5.82 Å². The van der Waals surface area contributed by atoms with Crippen LogP contribution in [0, 0.1) is 0 Å².